The van der Waals surface area contributed by atoms with E-state index in [0.29, 0.717) is 12.1 Å². The smallest absolute Gasteiger partial charge is 0.251 e. The Bertz CT molecular complexity index is 602. The number of aliphatic hydroxyl groups excluding tert-OH is 1. The molecule has 2 N–H and O–H groups in total. The molecule has 4 nitrogen and oxygen atoms in total. The van der Waals surface area contributed by atoms with E-state index >= 15 is 0 Å². The second-order valence-corrected chi connectivity index (χ2v) is 6.56. The normalized spacial score (nSPS) is 15.8. The quantitative estimate of drug-likeness (QED) is 0.912. The van der Waals surface area contributed by atoms with Crippen LogP contribution in [0.15, 0.2) is 41.8 Å². The summed E-state index contributed by atoms with van der Waals surface area (Å²) in [6.07, 6.45) is 1.45. The lowest BCUT2D eigenvalue weighted by Gasteiger charge is -2.31. The molecule has 0 spiro atoms. The molecule has 0 bridgehead atoms. The van der Waals surface area contributed by atoms with Gasteiger partial charge in [-0.1, -0.05) is 6.07 Å². The van der Waals surface area contributed by atoms with Crippen molar-refractivity contribution in [2.45, 2.75) is 25.5 Å². The van der Waals surface area contributed by atoms with Crippen LogP contribution in [-0.2, 0) is 6.54 Å². The molecule has 1 aliphatic heterocycles. The van der Waals surface area contributed by atoms with E-state index < -0.39 is 0 Å². The van der Waals surface area contributed by atoms with Gasteiger partial charge in [0.2, 0.25) is 0 Å². The van der Waals surface area contributed by atoms with Crippen LogP contribution >= 0.6 is 11.3 Å². The maximum atomic E-state index is 12.1. The van der Waals surface area contributed by atoms with Crippen LogP contribution in [0.5, 0.6) is 0 Å². The zero-order valence-corrected chi connectivity index (χ0v) is 13.2. The van der Waals surface area contributed by atoms with Gasteiger partial charge in [-0.05, 0) is 48.6 Å². The van der Waals surface area contributed by atoms with E-state index in [1.807, 2.05) is 41.8 Å². The van der Waals surface area contributed by atoms with E-state index in [0.717, 1.165) is 36.5 Å². The molecule has 1 amide bonds. The van der Waals surface area contributed by atoms with Crippen molar-refractivity contribution in [1.82, 2.24) is 5.32 Å². The Morgan fingerprint density at radius 3 is 2.59 bits per heavy atom. The predicted molar refractivity (Wildman–Crippen MR) is 89.4 cm³/mol. The second kappa shape index (κ2) is 6.94. The summed E-state index contributed by atoms with van der Waals surface area (Å²) in [5.41, 5.74) is 1.79. The second-order valence-electron chi connectivity index (χ2n) is 5.53. The van der Waals surface area contributed by atoms with Crippen LogP contribution in [0.4, 0.5) is 5.69 Å². The molecule has 1 aromatic heterocycles. The maximum absolute atomic E-state index is 12.1. The number of piperidine rings is 1. The summed E-state index contributed by atoms with van der Waals surface area (Å²) in [6.45, 7) is 2.30. The van der Waals surface area contributed by atoms with Gasteiger partial charge in [-0.15, -0.1) is 11.3 Å². The first-order chi connectivity index (χ1) is 10.7. The Hall–Kier alpha value is -1.85. The number of nitrogens with zero attached hydrogens (tertiary/aromatic N) is 1. The lowest BCUT2D eigenvalue weighted by Crippen LogP contribution is -2.35. The summed E-state index contributed by atoms with van der Waals surface area (Å²) in [5, 5.41) is 14.5. The van der Waals surface area contributed by atoms with Gasteiger partial charge in [0.1, 0.15) is 0 Å². The summed E-state index contributed by atoms with van der Waals surface area (Å²) in [6, 6.07) is 11.7. The summed E-state index contributed by atoms with van der Waals surface area (Å²) in [4.78, 5) is 15.5. The van der Waals surface area contributed by atoms with Gasteiger partial charge < -0.3 is 15.3 Å². The van der Waals surface area contributed by atoms with E-state index in [1.54, 1.807) is 11.3 Å². The molecule has 22 heavy (non-hydrogen) atoms. The molecule has 0 radical (unpaired) electrons. The molecular formula is C17H20N2O2S. The van der Waals surface area contributed by atoms with E-state index in [4.69, 9.17) is 0 Å². The van der Waals surface area contributed by atoms with Gasteiger partial charge in [-0.3, -0.25) is 4.79 Å². The van der Waals surface area contributed by atoms with Crippen molar-refractivity contribution in [3.05, 3.63) is 52.2 Å². The Kier molecular flexibility index (Phi) is 4.75. The fourth-order valence-electron chi connectivity index (χ4n) is 2.63. The van der Waals surface area contributed by atoms with Gasteiger partial charge in [0, 0.05) is 29.2 Å². The minimum atomic E-state index is -0.168. The topological polar surface area (TPSA) is 52.6 Å². The molecular weight excluding hydrogens is 296 g/mol. The summed E-state index contributed by atoms with van der Waals surface area (Å²) < 4.78 is 0. The van der Waals surface area contributed by atoms with Gasteiger partial charge in [-0.25, -0.2) is 0 Å². The Labute approximate surface area is 134 Å². The highest BCUT2D eigenvalue weighted by Crippen LogP contribution is 2.20. The van der Waals surface area contributed by atoms with E-state index in [-0.39, 0.29) is 12.0 Å². The monoisotopic (exact) mass is 316 g/mol. The van der Waals surface area contributed by atoms with Crippen molar-refractivity contribution in [3.63, 3.8) is 0 Å². The zero-order chi connectivity index (χ0) is 15.4. The number of amides is 1. The molecule has 0 unspecified atom stereocenters. The van der Waals surface area contributed by atoms with Crippen molar-refractivity contribution < 1.29 is 9.90 Å². The number of anilines is 1. The fraction of sp³-hybridized carbons (Fsp3) is 0.353. The average molecular weight is 316 g/mol. The predicted octanol–water partition coefficient (Wildman–Crippen LogP) is 2.64. The molecule has 1 aromatic carbocycles. The van der Waals surface area contributed by atoms with Crippen LogP contribution in [0.3, 0.4) is 0 Å². The zero-order valence-electron chi connectivity index (χ0n) is 12.4. The highest BCUT2D eigenvalue weighted by atomic mass is 32.1. The fourth-order valence-corrected chi connectivity index (χ4v) is 3.27. The minimum Gasteiger partial charge on any atom is -0.393 e. The van der Waals surface area contributed by atoms with Crippen LogP contribution in [0.2, 0.25) is 0 Å². The van der Waals surface area contributed by atoms with Crippen molar-refractivity contribution in [2.24, 2.45) is 0 Å². The van der Waals surface area contributed by atoms with E-state index in [1.165, 1.54) is 0 Å². The van der Waals surface area contributed by atoms with Gasteiger partial charge in [-0.2, -0.15) is 0 Å². The highest BCUT2D eigenvalue weighted by Gasteiger charge is 2.17. The molecule has 116 valence electrons. The van der Waals surface area contributed by atoms with Crippen LogP contribution in [0.1, 0.15) is 28.1 Å². The van der Waals surface area contributed by atoms with Gasteiger partial charge in [0.25, 0.3) is 5.91 Å². The number of hydrogen-bond donors (Lipinski definition) is 2. The molecule has 0 atom stereocenters. The number of nitrogens with one attached hydrogen (secondary N) is 1. The minimum absolute atomic E-state index is 0.0472. The number of rotatable bonds is 4. The molecule has 1 aliphatic rings. The summed E-state index contributed by atoms with van der Waals surface area (Å²) in [5.74, 6) is -0.0472. The first-order valence-electron chi connectivity index (χ1n) is 7.56. The summed E-state index contributed by atoms with van der Waals surface area (Å²) >= 11 is 1.64. The number of hydrogen-bond acceptors (Lipinski definition) is 4. The summed E-state index contributed by atoms with van der Waals surface area (Å²) in [7, 11) is 0. The molecule has 0 saturated carbocycles. The number of thiophene rings is 1. The van der Waals surface area contributed by atoms with Crippen molar-refractivity contribution in [2.75, 3.05) is 18.0 Å². The molecule has 3 rings (SSSR count). The number of carbonyl (C=O) groups excluding carboxylic acids is 1. The lowest BCUT2D eigenvalue weighted by molar-refractivity contribution is 0.0951. The van der Waals surface area contributed by atoms with Crippen molar-refractivity contribution in [3.8, 4) is 0 Å². The van der Waals surface area contributed by atoms with Crippen molar-refractivity contribution in [1.29, 1.82) is 0 Å². The third kappa shape index (κ3) is 3.67. The van der Waals surface area contributed by atoms with Crippen LogP contribution in [0.25, 0.3) is 0 Å². The first kappa shape index (κ1) is 15.1. The Morgan fingerprint density at radius 1 is 1.23 bits per heavy atom. The number of benzene rings is 1. The largest absolute Gasteiger partial charge is 0.393 e. The third-order valence-electron chi connectivity index (χ3n) is 3.96. The highest BCUT2D eigenvalue weighted by molar-refractivity contribution is 7.09. The van der Waals surface area contributed by atoms with Crippen LogP contribution in [-0.4, -0.2) is 30.2 Å². The molecule has 5 heteroatoms. The van der Waals surface area contributed by atoms with Crippen LogP contribution < -0.4 is 10.2 Å². The van der Waals surface area contributed by atoms with Gasteiger partial charge in [0.15, 0.2) is 0 Å². The molecule has 0 aliphatic carbocycles. The Balaban J connectivity index is 1.57. The van der Waals surface area contributed by atoms with E-state index in [9.17, 15) is 9.90 Å². The molecule has 1 fully saturated rings. The van der Waals surface area contributed by atoms with Gasteiger partial charge >= 0.3 is 0 Å². The number of carbonyl (C=O) groups is 1. The lowest BCUT2D eigenvalue weighted by atomic mass is 10.1. The van der Waals surface area contributed by atoms with Crippen molar-refractivity contribution >= 4 is 22.9 Å². The average Bonchev–Trinajstić information content (AvgIpc) is 3.07. The SMILES string of the molecule is O=C(NCc1cccs1)c1ccc(N2CCC(O)CC2)cc1. The molecule has 2 aromatic rings. The Morgan fingerprint density at radius 2 is 1.95 bits per heavy atom. The standard InChI is InChI=1S/C17H20N2O2S/c20-15-7-9-19(10-8-15)14-5-3-13(4-6-14)17(21)18-12-16-2-1-11-22-16/h1-6,11,15,20H,7-10,12H2,(H,18,21). The van der Waals surface area contributed by atoms with Crippen LogP contribution in [0, 0.1) is 0 Å². The first-order valence-corrected chi connectivity index (χ1v) is 8.44. The molecule has 1 saturated heterocycles. The van der Waals surface area contributed by atoms with Gasteiger partial charge in [0.05, 0.1) is 12.6 Å². The number of aliphatic hydroxyl groups is 1. The maximum Gasteiger partial charge on any atom is 0.251 e. The van der Waals surface area contributed by atoms with E-state index in [2.05, 4.69) is 10.2 Å². The third-order valence-corrected chi connectivity index (χ3v) is 4.84. The molecule has 2 heterocycles.